The van der Waals surface area contributed by atoms with Crippen molar-refractivity contribution in [2.45, 2.75) is 49.3 Å². The van der Waals surface area contributed by atoms with E-state index in [0.29, 0.717) is 36.0 Å². The number of benzene rings is 3. The predicted molar refractivity (Wildman–Crippen MR) is 166 cm³/mol. The van der Waals surface area contributed by atoms with Crippen LogP contribution in [0.4, 0.5) is 5.69 Å². The minimum atomic E-state index is -3.53. The van der Waals surface area contributed by atoms with Gasteiger partial charge in [0.1, 0.15) is 5.75 Å². The highest BCUT2D eigenvalue weighted by Crippen LogP contribution is 2.38. The second-order valence-electron chi connectivity index (χ2n) is 11.6. The molecule has 1 saturated heterocycles. The Morgan fingerprint density at radius 1 is 0.953 bits per heavy atom. The van der Waals surface area contributed by atoms with Crippen LogP contribution in [0.1, 0.15) is 43.2 Å². The van der Waals surface area contributed by atoms with Crippen LogP contribution in [0.25, 0.3) is 17.2 Å². The Balaban J connectivity index is 1.07. The lowest BCUT2D eigenvalue weighted by Gasteiger charge is -2.35. The Kier molecular flexibility index (Phi) is 8.68. The van der Waals surface area contributed by atoms with Gasteiger partial charge >= 0.3 is 0 Å². The number of hydrogen-bond acceptors (Lipinski definition) is 7. The summed E-state index contributed by atoms with van der Waals surface area (Å²) in [6.07, 6.45) is 5.98. The van der Waals surface area contributed by atoms with Gasteiger partial charge in [0.2, 0.25) is 0 Å². The molecule has 0 bridgehead atoms. The quantitative estimate of drug-likeness (QED) is 0.347. The van der Waals surface area contributed by atoms with Crippen molar-refractivity contribution in [3.63, 3.8) is 0 Å². The number of amides is 1. The van der Waals surface area contributed by atoms with Gasteiger partial charge in [-0.25, -0.2) is 8.42 Å². The number of ether oxygens (including phenoxy) is 3. The third kappa shape index (κ3) is 6.86. The van der Waals surface area contributed by atoms with Crippen molar-refractivity contribution in [3.8, 4) is 16.9 Å². The molecule has 226 valence electrons. The fraction of sp³-hybridized carbons (Fsp3) is 0.382. The summed E-state index contributed by atoms with van der Waals surface area (Å²) >= 11 is 0. The van der Waals surface area contributed by atoms with E-state index in [-0.39, 0.29) is 28.8 Å². The van der Waals surface area contributed by atoms with E-state index in [9.17, 15) is 13.2 Å². The molecule has 9 heteroatoms. The molecule has 0 atom stereocenters. The van der Waals surface area contributed by atoms with Crippen LogP contribution in [0.15, 0.2) is 77.2 Å². The van der Waals surface area contributed by atoms with Gasteiger partial charge in [-0.2, -0.15) is 0 Å². The fourth-order valence-corrected chi connectivity index (χ4v) is 7.61. The lowest BCUT2D eigenvalue weighted by Crippen LogP contribution is -2.37. The largest absolute Gasteiger partial charge is 0.497 e. The molecule has 2 fully saturated rings. The maximum atomic E-state index is 13.3. The number of rotatable bonds is 8. The van der Waals surface area contributed by atoms with Crippen LogP contribution < -0.4 is 15.4 Å². The average Bonchev–Trinajstić information content (AvgIpc) is 3.43. The van der Waals surface area contributed by atoms with E-state index >= 15 is 0 Å². The minimum Gasteiger partial charge on any atom is -0.497 e. The fourth-order valence-electron chi connectivity index (χ4n) is 6.15. The second-order valence-corrected chi connectivity index (χ2v) is 13.6. The number of carbonyl (C=O) groups excluding carboxylic acids is 1. The topological polar surface area (TPSA) is 103 Å². The van der Waals surface area contributed by atoms with E-state index < -0.39 is 9.84 Å². The summed E-state index contributed by atoms with van der Waals surface area (Å²) in [7, 11) is -1.92. The van der Waals surface area contributed by atoms with Gasteiger partial charge in [0, 0.05) is 30.6 Å². The molecule has 3 aromatic carbocycles. The Labute approximate surface area is 253 Å². The normalized spacial score (nSPS) is 19.3. The standard InChI is InChI=1S/C34H38N2O6S/c1-40-31-9-4-26(5-10-31)27-6-11-32-29(20-27)21-28(14-19-43(32,38)39)33(37)36-30-7-2-24(3-8-30)22-35-23-25-12-15-34(16-13-25)41-17-18-42-34/h2-11,20-21,25,35H,12-19,22-23H2,1H3,(H,36,37). The first-order valence-electron chi connectivity index (χ1n) is 14.9. The van der Waals surface area contributed by atoms with Crippen LogP contribution in [0, 0.1) is 5.92 Å². The van der Waals surface area contributed by atoms with Crippen molar-refractivity contribution in [3.05, 3.63) is 83.4 Å². The van der Waals surface area contributed by atoms with Crippen molar-refractivity contribution in [1.29, 1.82) is 0 Å². The van der Waals surface area contributed by atoms with Gasteiger partial charge in [-0.15, -0.1) is 0 Å². The molecule has 0 unspecified atom stereocenters. The molecule has 6 rings (SSSR count). The van der Waals surface area contributed by atoms with Crippen LogP contribution in [0.3, 0.4) is 0 Å². The molecule has 3 aliphatic rings. The highest BCUT2D eigenvalue weighted by atomic mass is 32.2. The monoisotopic (exact) mass is 602 g/mol. The zero-order chi connectivity index (χ0) is 29.9. The Bertz CT molecular complexity index is 1580. The van der Waals surface area contributed by atoms with E-state index in [0.717, 1.165) is 61.2 Å². The molecule has 8 nitrogen and oxygen atoms in total. The molecular weight excluding hydrogens is 564 g/mol. The van der Waals surface area contributed by atoms with E-state index in [1.165, 1.54) is 0 Å². The molecule has 43 heavy (non-hydrogen) atoms. The number of carbonyl (C=O) groups is 1. The molecule has 0 aromatic heterocycles. The summed E-state index contributed by atoms with van der Waals surface area (Å²) < 4.78 is 43.0. The van der Waals surface area contributed by atoms with E-state index in [1.54, 1.807) is 25.3 Å². The number of methoxy groups -OCH3 is 1. The Morgan fingerprint density at radius 2 is 1.65 bits per heavy atom. The first-order valence-corrected chi connectivity index (χ1v) is 16.6. The molecule has 1 aliphatic carbocycles. The predicted octanol–water partition coefficient (Wildman–Crippen LogP) is 5.58. The molecule has 1 spiro atoms. The van der Waals surface area contributed by atoms with Crippen LogP contribution in [0.2, 0.25) is 0 Å². The van der Waals surface area contributed by atoms with Gasteiger partial charge in [0.15, 0.2) is 15.6 Å². The summed E-state index contributed by atoms with van der Waals surface area (Å²) in [5.41, 5.74) is 4.55. The van der Waals surface area contributed by atoms with Crippen molar-refractivity contribution in [2.24, 2.45) is 5.92 Å². The molecular formula is C34H38N2O6S. The maximum Gasteiger partial charge on any atom is 0.251 e. The van der Waals surface area contributed by atoms with Crippen molar-refractivity contribution in [2.75, 3.05) is 37.9 Å². The van der Waals surface area contributed by atoms with Gasteiger partial charge in [0.05, 0.1) is 31.0 Å². The lowest BCUT2D eigenvalue weighted by atomic mass is 9.85. The second kappa shape index (κ2) is 12.6. The van der Waals surface area contributed by atoms with Gasteiger partial charge in [-0.1, -0.05) is 30.3 Å². The first kappa shape index (κ1) is 29.6. The molecule has 1 saturated carbocycles. The maximum absolute atomic E-state index is 13.3. The van der Waals surface area contributed by atoms with Crippen LogP contribution in [-0.4, -0.2) is 52.7 Å². The van der Waals surface area contributed by atoms with Crippen molar-refractivity contribution < 1.29 is 27.4 Å². The van der Waals surface area contributed by atoms with Gasteiger partial charge in [0.25, 0.3) is 5.91 Å². The first-order chi connectivity index (χ1) is 20.8. The van der Waals surface area contributed by atoms with Crippen molar-refractivity contribution in [1.82, 2.24) is 5.32 Å². The summed E-state index contributed by atoms with van der Waals surface area (Å²) in [5.74, 6) is 0.627. The number of fused-ring (bicyclic) bond motifs is 1. The summed E-state index contributed by atoms with van der Waals surface area (Å²) in [6, 6.07) is 20.6. The number of anilines is 1. The van der Waals surface area contributed by atoms with Crippen LogP contribution in [-0.2, 0) is 30.7 Å². The molecule has 3 aromatic rings. The summed E-state index contributed by atoms with van der Waals surface area (Å²) in [6.45, 7) is 3.12. The molecule has 2 heterocycles. The van der Waals surface area contributed by atoms with E-state index in [1.807, 2.05) is 54.6 Å². The molecule has 2 N–H and O–H groups in total. The molecule has 1 amide bonds. The highest BCUT2D eigenvalue weighted by molar-refractivity contribution is 7.91. The van der Waals surface area contributed by atoms with Crippen LogP contribution in [0.5, 0.6) is 5.75 Å². The molecule has 0 radical (unpaired) electrons. The number of hydrogen-bond donors (Lipinski definition) is 2. The van der Waals surface area contributed by atoms with E-state index in [4.69, 9.17) is 14.2 Å². The summed E-state index contributed by atoms with van der Waals surface area (Å²) in [5, 5.41) is 6.52. The number of nitrogens with one attached hydrogen (secondary N) is 2. The highest BCUT2D eigenvalue weighted by Gasteiger charge is 2.40. The third-order valence-electron chi connectivity index (χ3n) is 8.68. The Morgan fingerprint density at radius 3 is 2.35 bits per heavy atom. The average molecular weight is 603 g/mol. The van der Waals surface area contributed by atoms with E-state index in [2.05, 4.69) is 10.6 Å². The van der Waals surface area contributed by atoms with Gasteiger partial charge in [-0.3, -0.25) is 4.79 Å². The van der Waals surface area contributed by atoms with Gasteiger partial charge in [-0.05, 0) is 96.5 Å². The third-order valence-corrected chi connectivity index (χ3v) is 10.5. The van der Waals surface area contributed by atoms with Gasteiger partial charge < -0.3 is 24.8 Å². The number of sulfone groups is 1. The molecule has 2 aliphatic heterocycles. The zero-order valence-electron chi connectivity index (χ0n) is 24.4. The Hall–Kier alpha value is -3.50. The zero-order valence-corrected chi connectivity index (χ0v) is 25.3. The van der Waals surface area contributed by atoms with Crippen molar-refractivity contribution >= 4 is 27.5 Å². The smallest absolute Gasteiger partial charge is 0.251 e. The minimum absolute atomic E-state index is 0.117. The SMILES string of the molecule is COc1ccc(-c2ccc3c(c2)C=C(C(=O)Nc2ccc(CNCC4CCC5(CC4)OCCO5)cc2)CCS3(=O)=O)cc1. The van der Waals surface area contributed by atoms with Crippen LogP contribution >= 0.6 is 0 Å². The summed E-state index contributed by atoms with van der Waals surface area (Å²) in [4.78, 5) is 13.5. The lowest BCUT2D eigenvalue weighted by molar-refractivity contribution is -0.182.